The van der Waals surface area contributed by atoms with Gasteiger partial charge in [-0.1, -0.05) is 30.0 Å². The zero-order valence-electron chi connectivity index (χ0n) is 8.80. The molecule has 0 aromatic heterocycles. The zero-order valence-corrected chi connectivity index (χ0v) is 8.80. The first-order valence-corrected chi connectivity index (χ1v) is 5.02. The third kappa shape index (κ3) is 5.13. The average molecular weight is 219 g/mol. The summed E-state index contributed by atoms with van der Waals surface area (Å²) >= 11 is 0. The molecule has 16 heavy (non-hydrogen) atoms. The van der Waals surface area contributed by atoms with E-state index in [0.29, 0.717) is 12.8 Å². The van der Waals surface area contributed by atoms with Gasteiger partial charge in [0, 0.05) is 16.9 Å². The molecule has 0 fully saturated rings. The number of hydrogen-bond donors (Lipinski definition) is 1. The molecular formula is C12H13NO3. The largest absolute Gasteiger partial charge is 0.386 e. The molecule has 1 aromatic carbocycles. The van der Waals surface area contributed by atoms with Gasteiger partial charge >= 0.3 is 0 Å². The molecule has 1 atom stereocenters. The number of nitrogens with zero attached hydrogens (tertiary/aromatic N) is 1. The summed E-state index contributed by atoms with van der Waals surface area (Å²) in [5, 5.41) is 19.3. The molecule has 0 bridgehead atoms. The second-order valence-electron chi connectivity index (χ2n) is 3.38. The summed E-state index contributed by atoms with van der Waals surface area (Å²) in [5.41, 5.74) is 0.909. The van der Waals surface area contributed by atoms with Crippen LogP contribution in [0.2, 0.25) is 0 Å². The Bertz CT molecular complexity index is 392. The summed E-state index contributed by atoms with van der Waals surface area (Å²) in [5.74, 6) is 5.80. The van der Waals surface area contributed by atoms with Crippen LogP contribution in [0.25, 0.3) is 0 Å². The molecule has 0 amide bonds. The zero-order chi connectivity index (χ0) is 11.8. The molecule has 1 unspecified atom stereocenters. The van der Waals surface area contributed by atoms with Crippen molar-refractivity contribution in [1.29, 1.82) is 0 Å². The third-order valence-corrected chi connectivity index (χ3v) is 1.97. The van der Waals surface area contributed by atoms with Crippen molar-refractivity contribution in [2.75, 3.05) is 6.54 Å². The van der Waals surface area contributed by atoms with E-state index in [2.05, 4.69) is 11.8 Å². The molecule has 0 spiro atoms. The predicted octanol–water partition coefficient (Wildman–Crippen LogP) is 1.46. The van der Waals surface area contributed by atoms with E-state index in [1.54, 1.807) is 0 Å². The molecule has 0 saturated carbocycles. The minimum Gasteiger partial charge on any atom is -0.386 e. The van der Waals surface area contributed by atoms with Gasteiger partial charge in [0.25, 0.3) is 0 Å². The van der Waals surface area contributed by atoms with Crippen LogP contribution < -0.4 is 0 Å². The quantitative estimate of drug-likeness (QED) is 0.473. The molecule has 0 radical (unpaired) electrons. The van der Waals surface area contributed by atoms with Crippen LogP contribution in [0.4, 0.5) is 0 Å². The Hall–Kier alpha value is -1.86. The van der Waals surface area contributed by atoms with Crippen LogP contribution in [0.1, 0.15) is 18.4 Å². The standard InChI is InChI=1S/C12H13NO3/c14-12(10-13(15)16)9-5-4-8-11-6-2-1-3-7-11/h1-3,6-7,12,14H,5,9-10H2. The summed E-state index contributed by atoms with van der Waals surface area (Å²) in [7, 11) is 0. The first-order valence-electron chi connectivity index (χ1n) is 5.02. The topological polar surface area (TPSA) is 63.4 Å². The number of hydrogen-bond acceptors (Lipinski definition) is 3. The molecule has 4 heteroatoms. The summed E-state index contributed by atoms with van der Waals surface area (Å²) in [4.78, 5) is 9.55. The maximum absolute atomic E-state index is 10.1. The summed E-state index contributed by atoms with van der Waals surface area (Å²) in [6, 6.07) is 9.48. The molecule has 4 nitrogen and oxygen atoms in total. The normalized spacial score (nSPS) is 11.3. The van der Waals surface area contributed by atoms with Gasteiger partial charge in [-0.25, -0.2) is 0 Å². The van der Waals surface area contributed by atoms with Crippen LogP contribution in [-0.4, -0.2) is 22.7 Å². The summed E-state index contributed by atoms with van der Waals surface area (Å²) in [6.45, 7) is -0.410. The lowest BCUT2D eigenvalue weighted by atomic mass is 10.2. The van der Waals surface area contributed by atoms with Gasteiger partial charge in [-0.2, -0.15) is 0 Å². The van der Waals surface area contributed by atoms with Gasteiger partial charge in [0.1, 0.15) is 6.10 Å². The average Bonchev–Trinajstić information content (AvgIpc) is 2.25. The first kappa shape index (κ1) is 12.2. The lowest BCUT2D eigenvalue weighted by Gasteiger charge is -2.01. The number of rotatable bonds is 4. The van der Waals surface area contributed by atoms with Crippen LogP contribution in [0.15, 0.2) is 30.3 Å². The molecule has 0 saturated heterocycles. The fourth-order valence-corrected chi connectivity index (χ4v) is 1.19. The van der Waals surface area contributed by atoms with E-state index in [1.807, 2.05) is 30.3 Å². The Kier molecular flexibility index (Phi) is 5.03. The Morgan fingerprint density at radius 1 is 1.38 bits per heavy atom. The van der Waals surface area contributed by atoms with Crippen LogP contribution in [0.5, 0.6) is 0 Å². The molecule has 0 aliphatic rings. The van der Waals surface area contributed by atoms with E-state index in [0.717, 1.165) is 5.56 Å². The predicted molar refractivity (Wildman–Crippen MR) is 60.4 cm³/mol. The number of nitro groups is 1. The minimum atomic E-state index is -0.903. The van der Waals surface area contributed by atoms with Crippen LogP contribution in [0.3, 0.4) is 0 Å². The van der Waals surface area contributed by atoms with Gasteiger partial charge in [-0.15, -0.1) is 0 Å². The minimum absolute atomic E-state index is 0.334. The smallest absolute Gasteiger partial charge is 0.229 e. The lowest BCUT2D eigenvalue weighted by Crippen LogP contribution is -2.18. The second-order valence-corrected chi connectivity index (χ2v) is 3.38. The Labute approximate surface area is 94.1 Å². The van der Waals surface area contributed by atoms with Crippen LogP contribution >= 0.6 is 0 Å². The van der Waals surface area contributed by atoms with E-state index in [4.69, 9.17) is 0 Å². The molecule has 0 heterocycles. The molecule has 0 aliphatic carbocycles. The highest BCUT2D eigenvalue weighted by Gasteiger charge is 2.09. The highest BCUT2D eigenvalue weighted by Crippen LogP contribution is 1.98. The van der Waals surface area contributed by atoms with Gasteiger partial charge in [0.15, 0.2) is 0 Å². The van der Waals surface area contributed by atoms with E-state index >= 15 is 0 Å². The molecule has 1 N–H and O–H groups in total. The van der Waals surface area contributed by atoms with Crippen molar-refractivity contribution in [1.82, 2.24) is 0 Å². The number of benzene rings is 1. The highest BCUT2D eigenvalue weighted by atomic mass is 16.6. The SMILES string of the molecule is O=[N+]([O-])CC(O)CCC#Cc1ccccc1. The van der Waals surface area contributed by atoms with Gasteiger partial charge < -0.3 is 5.11 Å². The van der Waals surface area contributed by atoms with Crippen molar-refractivity contribution in [2.45, 2.75) is 18.9 Å². The highest BCUT2D eigenvalue weighted by molar-refractivity contribution is 5.33. The van der Waals surface area contributed by atoms with Crippen molar-refractivity contribution in [3.8, 4) is 11.8 Å². The van der Waals surface area contributed by atoms with Crippen molar-refractivity contribution < 1.29 is 10.0 Å². The van der Waals surface area contributed by atoms with E-state index in [1.165, 1.54) is 0 Å². The summed E-state index contributed by atoms with van der Waals surface area (Å²) in [6.07, 6.45) is -0.106. The molecule has 1 rings (SSSR count). The van der Waals surface area contributed by atoms with Gasteiger partial charge in [-0.3, -0.25) is 10.1 Å². The maximum Gasteiger partial charge on any atom is 0.229 e. The number of aliphatic hydroxyl groups is 1. The van der Waals surface area contributed by atoms with E-state index in [-0.39, 0.29) is 0 Å². The maximum atomic E-state index is 10.1. The molecule has 1 aromatic rings. The van der Waals surface area contributed by atoms with Crippen LogP contribution in [0, 0.1) is 22.0 Å². The first-order chi connectivity index (χ1) is 7.68. The van der Waals surface area contributed by atoms with Crippen molar-refractivity contribution in [3.05, 3.63) is 46.0 Å². The van der Waals surface area contributed by atoms with Gasteiger partial charge in [-0.05, 0) is 18.6 Å². The summed E-state index contributed by atoms with van der Waals surface area (Å²) < 4.78 is 0. The van der Waals surface area contributed by atoms with Gasteiger partial charge in [0.2, 0.25) is 6.54 Å². The third-order valence-electron chi connectivity index (χ3n) is 1.97. The fraction of sp³-hybridized carbons (Fsp3) is 0.333. The molecular weight excluding hydrogens is 206 g/mol. The van der Waals surface area contributed by atoms with Gasteiger partial charge in [0.05, 0.1) is 0 Å². The van der Waals surface area contributed by atoms with E-state index < -0.39 is 17.6 Å². The number of aliphatic hydroxyl groups excluding tert-OH is 1. The van der Waals surface area contributed by atoms with Crippen molar-refractivity contribution in [2.24, 2.45) is 0 Å². The Balaban J connectivity index is 2.31. The van der Waals surface area contributed by atoms with Crippen molar-refractivity contribution >= 4 is 0 Å². The Morgan fingerprint density at radius 3 is 2.69 bits per heavy atom. The van der Waals surface area contributed by atoms with Crippen molar-refractivity contribution in [3.63, 3.8) is 0 Å². The lowest BCUT2D eigenvalue weighted by molar-refractivity contribution is -0.490. The second kappa shape index (κ2) is 6.59. The molecule has 84 valence electrons. The Morgan fingerprint density at radius 2 is 2.06 bits per heavy atom. The fourth-order valence-electron chi connectivity index (χ4n) is 1.19. The molecule has 0 aliphatic heterocycles. The van der Waals surface area contributed by atoms with Crippen LogP contribution in [-0.2, 0) is 0 Å². The monoisotopic (exact) mass is 219 g/mol. The van der Waals surface area contributed by atoms with E-state index in [9.17, 15) is 15.2 Å².